The van der Waals surface area contributed by atoms with Gasteiger partial charge in [0.15, 0.2) is 0 Å². The average molecular weight is 465 g/mol. The number of aromatic amines is 1. The van der Waals surface area contributed by atoms with Crippen LogP contribution < -0.4 is 11.1 Å². The zero-order chi connectivity index (χ0) is 19.8. The van der Waals surface area contributed by atoms with E-state index in [2.05, 4.69) is 36.4 Å². The molecule has 0 aliphatic heterocycles. The summed E-state index contributed by atoms with van der Waals surface area (Å²) in [5.41, 5.74) is 6.06. The second-order valence-electron chi connectivity index (χ2n) is 6.33. The highest BCUT2D eigenvalue weighted by Gasteiger charge is 2.11. The average Bonchev–Trinajstić information content (AvgIpc) is 3.35. The van der Waals surface area contributed by atoms with Crippen LogP contribution in [0.3, 0.4) is 0 Å². The fourth-order valence-electron chi connectivity index (χ4n) is 3.07. The Bertz CT molecular complexity index is 1430. The Kier molecular flexibility index (Phi) is 4.49. The van der Waals surface area contributed by atoms with Crippen LogP contribution in [0.25, 0.3) is 33.1 Å². The lowest BCUT2D eigenvalue weighted by molar-refractivity contribution is 0.563. The number of thiazole rings is 1. The van der Waals surface area contributed by atoms with Crippen LogP contribution in [0.5, 0.6) is 0 Å². The molecule has 2 N–H and O–H groups in total. The van der Waals surface area contributed by atoms with Crippen molar-refractivity contribution in [3.05, 3.63) is 80.6 Å². The van der Waals surface area contributed by atoms with Gasteiger partial charge < -0.3 is 9.40 Å². The Morgan fingerprint density at radius 1 is 1.21 bits per heavy atom. The van der Waals surface area contributed by atoms with Crippen molar-refractivity contribution in [2.75, 3.05) is 5.43 Å². The number of rotatable bonds is 4. The van der Waals surface area contributed by atoms with E-state index in [1.165, 1.54) is 11.3 Å². The van der Waals surface area contributed by atoms with Crippen LogP contribution in [0.1, 0.15) is 5.56 Å². The lowest BCUT2D eigenvalue weighted by Crippen LogP contribution is -2.02. The molecule has 0 aliphatic carbocycles. The van der Waals surface area contributed by atoms with Crippen LogP contribution in [0.2, 0.25) is 0 Å². The summed E-state index contributed by atoms with van der Waals surface area (Å²) in [6, 6.07) is 15.2. The fourth-order valence-corrected chi connectivity index (χ4v) is 4.09. The van der Waals surface area contributed by atoms with Gasteiger partial charge in [-0.3, -0.25) is 5.43 Å². The first-order valence-corrected chi connectivity index (χ1v) is 10.4. The number of fused-ring (bicyclic) bond motifs is 2. The number of H-pyrrole nitrogens is 1. The van der Waals surface area contributed by atoms with E-state index in [0.29, 0.717) is 22.0 Å². The molecule has 2 aromatic carbocycles. The Labute approximate surface area is 177 Å². The molecule has 0 spiro atoms. The van der Waals surface area contributed by atoms with E-state index >= 15 is 0 Å². The summed E-state index contributed by atoms with van der Waals surface area (Å²) in [6.45, 7) is 0. The number of hydrogen-bond acceptors (Lipinski definition) is 6. The Morgan fingerprint density at radius 2 is 2.10 bits per heavy atom. The first kappa shape index (κ1) is 17.8. The van der Waals surface area contributed by atoms with Crippen LogP contribution in [-0.2, 0) is 0 Å². The number of hydrazone groups is 1. The number of nitrogens with zero attached hydrogens (tertiary/aromatic N) is 2. The van der Waals surface area contributed by atoms with Crippen molar-refractivity contribution in [1.29, 1.82) is 0 Å². The third-order valence-corrected chi connectivity index (χ3v) is 5.70. The molecule has 3 aromatic heterocycles. The summed E-state index contributed by atoms with van der Waals surface area (Å²) in [7, 11) is 0. The van der Waals surface area contributed by atoms with E-state index in [-0.39, 0.29) is 0 Å². The van der Waals surface area contributed by atoms with Gasteiger partial charge in [-0.25, -0.2) is 9.78 Å². The van der Waals surface area contributed by atoms with E-state index in [4.69, 9.17) is 4.42 Å². The Morgan fingerprint density at radius 3 is 3.03 bits per heavy atom. The standard InChI is InChI=1S/C21H13BrN4O2S/c22-14-5-6-17-15(8-14)13(9-23-17)10-24-26-21-25-18(11-29-21)16-7-12-3-1-2-4-19(12)28-20(16)27/h1-11,23H,(H,25,26)/b24-10+. The summed E-state index contributed by atoms with van der Waals surface area (Å²) in [4.78, 5) is 20.0. The normalized spacial score (nSPS) is 11.6. The summed E-state index contributed by atoms with van der Waals surface area (Å²) in [5.74, 6) is 0. The van der Waals surface area contributed by atoms with Gasteiger partial charge in [-0.2, -0.15) is 5.10 Å². The smallest absolute Gasteiger partial charge is 0.345 e. The number of nitrogens with one attached hydrogen (secondary N) is 2. The third kappa shape index (κ3) is 3.48. The third-order valence-electron chi connectivity index (χ3n) is 4.46. The van der Waals surface area contributed by atoms with Crippen LogP contribution in [-0.4, -0.2) is 16.2 Å². The van der Waals surface area contributed by atoms with Crippen LogP contribution in [0, 0.1) is 0 Å². The van der Waals surface area contributed by atoms with Crippen molar-refractivity contribution >= 4 is 60.5 Å². The Hall–Kier alpha value is -3.23. The van der Waals surface area contributed by atoms with Crippen molar-refractivity contribution in [2.24, 2.45) is 5.10 Å². The van der Waals surface area contributed by atoms with Crippen molar-refractivity contribution in [3.63, 3.8) is 0 Å². The van der Waals surface area contributed by atoms with E-state index in [1.807, 2.05) is 48.0 Å². The summed E-state index contributed by atoms with van der Waals surface area (Å²) in [6.07, 6.45) is 3.63. The molecule has 0 bridgehead atoms. The number of aromatic nitrogens is 2. The van der Waals surface area contributed by atoms with Crippen molar-refractivity contribution in [2.45, 2.75) is 0 Å². The lowest BCUT2D eigenvalue weighted by atomic mass is 10.1. The topological polar surface area (TPSA) is 83.3 Å². The van der Waals surface area contributed by atoms with Gasteiger partial charge in [-0.05, 0) is 30.3 Å². The van der Waals surface area contributed by atoms with Gasteiger partial charge in [0.25, 0.3) is 0 Å². The highest BCUT2D eigenvalue weighted by Crippen LogP contribution is 2.25. The monoisotopic (exact) mass is 464 g/mol. The van der Waals surface area contributed by atoms with Gasteiger partial charge >= 0.3 is 5.63 Å². The number of benzene rings is 2. The molecule has 0 saturated heterocycles. The molecule has 6 nitrogen and oxygen atoms in total. The predicted molar refractivity (Wildman–Crippen MR) is 121 cm³/mol. The summed E-state index contributed by atoms with van der Waals surface area (Å²) < 4.78 is 6.39. The molecule has 5 rings (SSSR count). The van der Waals surface area contributed by atoms with Crippen molar-refractivity contribution < 1.29 is 4.42 Å². The maximum absolute atomic E-state index is 12.3. The first-order chi connectivity index (χ1) is 14.2. The SMILES string of the molecule is O=c1oc2ccccc2cc1-c1csc(N/N=C/c2c[nH]c3ccc(Br)cc23)n1. The number of anilines is 1. The highest BCUT2D eigenvalue weighted by molar-refractivity contribution is 9.10. The minimum Gasteiger partial charge on any atom is -0.422 e. The highest BCUT2D eigenvalue weighted by atomic mass is 79.9. The predicted octanol–water partition coefficient (Wildman–Crippen LogP) is 5.61. The molecule has 0 aliphatic rings. The quantitative estimate of drug-likeness (QED) is 0.206. The van der Waals surface area contributed by atoms with E-state index in [1.54, 1.807) is 18.3 Å². The molecule has 3 heterocycles. The van der Waals surface area contributed by atoms with Gasteiger partial charge in [-0.1, -0.05) is 34.1 Å². The van der Waals surface area contributed by atoms with Crippen molar-refractivity contribution in [1.82, 2.24) is 9.97 Å². The molecule has 142 valence electrons. The van der Waals surface area contributed by atoms with Crippen LogP contribution in [0.15, 0.2) is 78.9 Å². The zero-order valence-electron chi connectivity index (χ0n) is 14.8. The molecular formula is C21H13BrN4O2S. The molecule has 29 heavy (non-hydrogen) atoms. The van der Waals surface area contributed by atoms with E-state index < -0.39 is 5.63 Å². The molecule has 0 saturated carbocycles. The van der Waals surface area contributed by atoms with Gasteiger partial charge in [-0.15, -0.1) is 11.3 Å². The van der Waals surface area contributed by atoms with E-state index in [9.17, 15) is 4.79 Å². The maximum Gasteiger partial charge on any atom is 0.345 e. The summed E-state index contributed by atoms with van der Waals surface area (Å²) in [5, 5.41) is 8.60. The minimum atomic E-state index is -0.409. The second kappa shape index (κ2) is 7.31. The largest absolute Gasteiger partial charge is 0.422 e. The molecule has 0 amide bonds. The first-order valence-electron chi connectivity index (χ1n) is 8.72. The number of para-hydroxylation sites is 1. The molecule has 8 heteroatoms. The molecule has 0 fully saturated rings. The van der Waals surface area contributed by atoms with E-state index in [0.717, 1.165) is 26.3 Å². The van der Waals surface area contributed by atoms with Gasteiger partial charge in [0.2, 0.25) is 5.13 Å². The van der Waals surface area contributed by atoms with Crippen LogP contribution in [0.4, 0.5) is 5.13 Å². The minimum absolute atomic E-state index is 0.409. The fraction of sp³-hybridized carbons (Fsp3) is 0. The summed E-state index contributed by atoms with van der Waals surface area (Å²) >= 11 is 4.86. The number of halogens is 1. The molecular weight excluding hydrogens is 452 g/mol. The molecule has 5 aromatic rings. The Balaban J connectivity index is 1.39. The second-order valence-corrected chi connectivity index (χ2v) is 8.10. The molecule has 0 atom stereocenters. The van der Waals surface area contributed by atoms with Crippen molar-refractivity contribution in [3.8, 4) is 11.3 Å². The maximum atomic E-state index is 12.3. The molecule has 0 radical (unpaired) electrons. The number of hydrogen-bond donors (Lipinski definition) is 2. The van der Waals surface area contributed by atoms with Gasteiger partial charge in [0, 0.05) is 37.9 Å². The van der Waals surface area contributed by atoms with Gasteiger partial charge in [0.1, 0.15) is 5.58 Å². The lowest BCUT2D eigenvalue weighted by Gasteiger charge is -1.99. The zero-order valence-corrected chi connectivity index (χ0v) is 17.3. The van der Waals surface area contributed by atoms with Gasteiger partial charge in [0.05, 0.1) is 17.5 Å². The van der Waals surface area contributed by atoms with Crippen LogP contribution >= 0.6 is 27.3 Å². The molecule has 0 unspecified atom stereocenters.